The molecule has 3 rings (SSSR count). The monoisotopic (exact) mass is 387 g/mol. The van der Waals surface area contributed by atoms with E-state index in [1.54, 1.807) is 0 Å². The number of nitrogens with zero attached hydrogens (tertiary/aromatic N) is 1. The fraction of sp³-hybridized carbons (Fsp3) is 0.118. The molecule has 0 radical (unpaired) electrons. The van der Waals surface area contributed by atoms with E-state index in [9.17, 15) is 17.6 Å². The lowest BCUT2D eigenvalue weighted by atomic mass is 10.1. The van der Waals surface area contributed by atoms with Crippen molar-refractivity contribution in [3.05, 3.63) is 53.6 Å². The number of hydrogen-bond donors (Lipinski definition) is 0. The van der Waals surface area contributed by atoms with E-state index >= 15 is 0 Å². The van der Waals surface area contributed by atoms with E-state index in [4.69, 9.17) is 16.1 Å². The summed E-state index contributed by atoms with van der Waals surface area (Å²) in [5.41, 5.74) is 1.34. The number of hydrogen-bond acceptors (Lipinski definition) is 4. The standard InChI is InChI=1S/C17H10ClF4NO3/c18-13-14(9-1-5-11(6-2-9)24-16(19)20)23-26-15(13)10-3-7-12(8-4-10)25-17(21)22/h1-8,16-17H. The van der Waals surface area contributed by atoms with Crippen LogP contribution in [-0.4, -0.2) is 18.4 Å². The minimum Gasteiger partial charge on any atom is -0.435 e. The van der Waals surface area contributed by atoms with Gasteiger partial charge in [-0.05, 0) is 48.5 Å². The van der Waals surface area contributed by atoms with E-state index < -0.39 is 13.2 Å². The van der Waals surface area contributed by atoms with Gasteiger partial charge in [0.2, 0.25) is 0 Å². The van der Waals surface area contributed by atoms with Gasteiger partial charge in [-0.2, -0.15) is 17.6 Å². The van der Waals surface area contributed by atoms with Crippen LogP contribution in [0, 0.1) is 0 Å². The van der Waals surface area contributed by atoms with Gasteiger partial charge in [0.15, 0.2) is 5.76 Å². The molecule has 2 aromatic carbocycles. The molecule has 26 heavy (non-hydrogen) atoms. The first-order valence-electron chi connectivity index (χ1n) is 7.19. The zero-order valence-electron chi connectivity index (χ0n) is 12.8. The Hall–Kier alpha value is -2.74. The third-order valence-corrected chi connectivity index (χ3v) is 3.68. The summed E-state index contributed by atoms with van der Waals surface area (Å²) in [5.74, 6) is 0.227. The Kier molecular flexibility index (Phi) is 5.32. The van der Waals surface area contributed by atoms with Gasteiger partial charge in [-0.25, -0.2) is 0 Å². The zero-order valence-corrected chi connectivity index (χ0v) is 13.6. The van der Waals surface area contributed by atoms with Crippen LogP contribution in [0.1, 0.15) is 0 Å². The molecule has 0 saturated heterocycles. The molecule has 0 amide bonds. The second-order valence-electron chi connectivity index (χ2n) is 4.98. The summed E-state index contributed by atoms with van der Waals surface area (Å²) < 4.78 is 62.5. The molecule has 1 heterocycles. The van der Waals surface area contributed by atoms with Crippen molar-refractivity contribution in [1.82, 2.24) is 5.16 Å². The third kappa shape index (κ3) is 4.08. The lowest BCUT2D eigenvalue weighted by Gasteiger charge is -2.05. The summed E-state index contributed by atoms with van der Waals surface area (Å²) in [4.78, 5) is 0. The van der Waals surface area contributed by atoms with Crippen LogP contribution in [0.25, 0.3) is 22.6 Å². The highest BCUT2D eigenvalue weighted by atomic mass is 35.5. The molecule has 136 valence electrons. The highest BCUT2D eigenvalue weighted by molar-refractivity contribution is 6.35. The summed E-state index contributed by atoms with van der Waals surface area (Å²) in [6, 6.07) is 11.4. The molecule has 0 N–H and O–H groups in total. The smallest absolute Gasteiger partial charge is 0.387 e. The van der Waals surface area contributed by atoms with Gasteiger partial charge in [-0.1, -0.05) is 16.8 Å². The molecular formula is C17H10ClF4NO3. The zero-order chi connectivity index (χ0) is 18.7. The van der Waals surface area contributed by atoms with Crippen LogP contribution in [-0.2, 0) is 0 Å². The normalized spacial score (nSPS) is 11.2. The topological polar surface area (TPSA) is 44.5 Å². The third-order valence-electron chi connectivity index (χ3n) is 3.33. The quantitative estimate of drug-likeness (QED) is 0.496. The Morgan fingerprint density at radius 3 is 1.69 bits per heavy atom. The molecule has 0 spiro atoms. The fourth-order valence-corrected chi connectivity index (χ4v) is 2.51. The minimum atomic E-state index is -2.92. The predicted molar refractivity (Wildman–Crippen MR) is 85.6 cm³/mol. The maximum Gasteiger partial charge on any atom is 0.387 e. The molecule has 0 fully saturated rings. The van der Waals surface area contributed by atoms with Crippen molar-refractivity contribution in [1.29, 1.82) is 0 Å². The van der Waals surface area contributed by atoms with Gasteiger partial charge in [-0.15, -0.1) is 0 Å². The van der Waals surface area contributed by atoms with Crippen LogP contribution < -0.4 is 9.47 Å². The average molecular weight is 388 g/mol. The predicted octanol–water partition coefficient (Wildman–Crippen LogP) is 5.86. The van der Waals surface area contributed by atoms with E-state index in [1.807, 2.05) is 0 Å². The Morgan fingerprint density at radius 2 is 1.23 bits per heavy atom. The summed E-state index contributed by atoms with van der Waals surface area (Å²) in [5, 5.41) is 4.07. The van der Waals surface area contributed by atoms with Gasteiger partial charge in [0, 0.05) is 11.1 Å². The lowest BCUT2D eigenvalue weighted by molar-refractivity contribution is -0.0505. The molecule has 0 aliphatic heterocycles. The van der Waals surface area contributed by atoms with Crippen molar-refractivity contribution in [2.75, 3.05) is 0 Å². The number of halogens is 5. The molecular weight excluding hydrogens is 378 g/mol. The molecule has 0 bridgehead atoms. The van der Waals surface area contributed by atoms with Crippen LogP contribution in [0.5, 0.6) is 11.5 Å². The van der Waals surface area contributed by atoms with Crippen molar-refractivity contribution in [3.63, 3.8) is 0 Å². The largest absolute Gasteiger partial charge is 0.435 e. The number of benzene rings is 2. The molecule has 1 aromatic heterocycles. The van der Waals surface area contributed by atoms with Gasteiger partial charge < -0.3 is 14.0 Å². The van der Waals surface area contributed by atoms with Crippen molar-refractivity contribution in [2.24, 2.45) is 0 Å². The maximum absolute atomic E-state index is 12.2. The van der Waals surface area contributed by atoms with Crippen LogP contribution >= 0.6 is 11.6 Å². The lowest BCUT2D eigenvalue weighted by Crippen LogP contribution is -2.01. The highest BCUT2D eigenvalue weighted by Crippen LogP contribution is 2.37. The minimum absolute atomic E-state index is 0.00166. The Bertz CT molecular complexity index is 796. The number of rotatable bonds is 6. The maximum atomic E-state index is 12.2. The second kappa shape index (κ2) is 7.65. The molecule has 0 atom stereocenters. The fourth-order valence-electron chi connectivity index (χ4n) is 2.22. The van der Waals surface area contributed by atoms with Gasteiger partial charge in [-0.3, -0.25) is 0 Å². The van der Waals surface area contributed by atoms with E-state index in [0.29, 0.717) is 16.8 Å². The van der Waals surface area contributed by atoms with Crippen molar-refractivity contribution >= 4 is 11.6 Å². The Morgan fingerprint density at radius 1 is 0.769 bits per heavy atom. The van der Waals surface area contributed by atoms with E-state index in [1.165, 1.54) is 48.5 Å². The van der Waals surface area contributed by atoms with Crippen LogP contribution in [0.2, 0.25) is 5.02 Å². The van der Waals surface area contributed by atoms with Crippen molar-refractivity contribution in [2.45, 2.75) is 13.2 Å². The first-order chi connectivity index (χ1) is 12.4. The Balaban J connectivity index is 1.83. The molecule has 0 saturated carbocycles. The van der Waals surface area contributed by atoms with Crippen molar-refractivity contribution in [3.8, 4) is 34.1 Å². The van der Waals surface area contributed by atoms with Crippen molar-refractivity contribution < 1.29 is 31.6 Å². The summed E-state index contributed by atoms with van der Waals surface area (Å²) in [6.45, 7) is -5.83. The molecule has 0 aliphatic carbocycles. The van der Waals surface area contributed by atoms with Crippen LogP contribution in [0.15, 0.2) is 53.1 Å². The first-order valence-corrected chi connectivity index (χ1v) is 7.57. The van der Waals surface area contributed by atoms with Crippen LogP contribution in [0.3, 0.4) is 0 Å². The summed E-state index contributed by atoms with van der Waals surface area (Å²) >= 11 is 6.28. The summed E-state index contributed by atoms with van der Waals surface area (Å²) in [7, 11) is 0. The van der Waals surface area contributed by atoms with Gasteiger partial charge >= 0.3 is 13.2 Å². The molecule has 0 unspecified atom stereocenters. The highest BCUT2D eigenvalue weighted by Gasteiger charge is 2.18. The van der Waals surface area contributed by atoms with Gasteiger partial charge in [0.05, 0.1) is 0 Å². The molecule has 4 nitrogen and oxygen atoms in total. The number of aromatic nitrogens is 1. The molecule has 9 heteroatoms. The van der Waals surface area contributed by atoms with E-state index in [2.05, 4.69) is 14.6 Å². The summed E-state index contributed by atoms with van der Waals surface area (Å²) in [6.07, 6.45) is 0. The van der Waals surface area contributed by atoms with Gasteiger partial charge in [0.1, 0.15) is 22.2 Å². The number of ether oxygens (including phenoxy) is 2. The second-order valence-corrected chi connectivity index (χ2v) is 5.36. The van der Waals surface area contributed by atoms with Gasteiger partial charge in [0.25, 0.3) is 0 Å². The number of alkyl halides is 4. The van der Waals surface area contributed by atoms with E-state index in [-0.39, 0.29) is 22.3 Å². The first kappa shape index (κ1) is 18.1. The average Bonchev–Trinajstić information content (AvgIpc) is 2.97. The molecule has 3 aromatic rings. The SMILES string of the molecule is FC(F)Oc1ccc(-c2noc(-c3ccc(OC(F)F)cc3)c2Cl)cc1. The Labute approximate surface area is 149 Å². The molecule has 0 aliphatic rings. The van der Waals surface area contributed by atoms with Crippen LogP contribution in [0.4, 0.5) is 17.6 Å². The van der Waals surface area contributed by atoms with E-state index in [0.717, 1.165) is 0 Å².